The number of carbonyl (C=O) groups is 1. The van der Waals surface area contributed by atoms with Crippen molar-refractivity contribution in [1.29, 1.82) is 0 Å². The Bertz CT molecular complexity index is 957. The lowest BCUT2D eigenvalue weighted by Gasteiger charge is -2.15. The molecule has 5 heteroatoms. The number of rotatable bonds is 4. The van der Waals surface area contributed by atoms with E-state index in [4.69, 9.17) is 20.8 Å². The van der Waals surface area contributed by atoms with Crippen molar-refractivity contribution in [2.24, 2.45) is 0 Å². The number of benzene rings is 2. The van der Waals surface area contributed by atoms with Gasteiger partial charge in [0.2, 0.25) is 11.2 Å². The third-order valence-corrected chi connectivity index (χ3v) is 3.98. The molecule has 24 heavy (non-hydrogen) atoms. The molecular formula is C19H15ClO4. The summed E-state index contributed by atoms with van der Waals surface area (Å²) in [5.74, 6) is 0.131. The molecule has 0 N–H and O–H groups in total. The first-order valence-corrected chi connectivity index (χ1v) is 7.84. The zero-order chi connectivity index (χ0) is 17.3. The number of carbonyl (C=O) groups excluding carboxylic acids is 1. The fourth-order valence-electron chi connectivity index (χ4n) is 2.28. The van der Waals surface area contributed by atoms with Gasteiger partial charge in [0.15, 0.2) is 17.6 Å². The van der Waals surface area contributed by atoms with E-state index in [1.165, 1.54) is 6.92 Å². The number of para-hydroxylation sites is 1. The van der Waals surface area contributed by atoms with Crippen molar-refractivity contribution >= 4 is 28.4 Å². The van der Waals surface area contributed by atoms with E-state index in [0.717, 1.165) is 0 Å². The number of fused-ring (bicyclic) bond motifs is 1. The Balaban J connectivity index is 2.26. The molecule has 1 atom stereocenters. The molecule has 1 heterocycles. The zero-order valence-corrected chi connectivity index (χ0v) is 14.0. The Hall–Kier alpha value is -2.59. The predicted molar refractivity (Wildman–Crippen MR) is 93.7 cm³/mol. The molecule has 0 unspecified atom stereocenters. The Morgan fingerprint density at radius 3 is 2.46 bits per heavy atom. The summed E-state index contributed by atoms with van der Waals surface area (Å²) in [6.45, 7) is 3.01. The summed E-state index contributed by atoms with van der Waals surface area (Å²) in [5, 5.41) is 0.974. The van der Waals surface area contributed by atoms with Gasteiger partial charge in [0, 0.05) is 10.6 Å². The van der Waals surface area contributed by atoms with Crippen molar-refractivity contribution in [3.63, 3.8) is 0 Å². The van der Waals surface area contributed by atoms with E-state index in [9.17, 15) is 9.59 Å². The normalized spacial score (nSPS) is 12.1. The van der Waals surface area contributed by atoms with Gasteiger partial charge in [-0.25, -0.2) is 0 Å². The number of ether oxygens (including phenoxy) is 1. The summed E-state index contributed by atoms with van der Waals surface area (Å²) in [6, 6.07) is 13.8. The average Bonchev–Trinajstić information content (AvgIpc) is 2.58. The Labute approximate surface area is 143 Å². The van der Waals surface area contributed by atoms with E-state index in [-0.39, 0.29) is 22.7 Å². The lowest BCUT2D eigenvalue weighted by Crippen LogP contribution is -2.24. The number of ketones is 1. The second-order valence-corrected chi connectivity index (χ2v) is 5.90. The van der Waals surface area contributed by atoms with Crippen molar-refractivity contribution in [3.05, 3.63) is 63.8 Å². The summed E-state index contributed by atoms with van der Waals surface area (Å²) >= 11 is 5.92. The molecule has 0 saturated heterocycles. The van der Waals surface area contributed by atoms with E-state index in [2.05, 4.69) is 0 Å². The number of hydrogen-bond donors (Lipinski definition) is 0. The minimum absolute atomic E-state index is 0.0266. The largest absolute Gasteiger partial charge is 0.475 e. The zero-order valence-electron chi connectivity index (χ0n) is 13.2. The average molecular weight is 343 g/mol. The van der Waals surface area contributed by atoms with Crippen LogP contribution in [0.15, 0.2) is 57.7 Å². The first-order chi connectivity index (χ1) is 11.5. The van der Waals surface area contributed by atoms with Crippen LogP contribution in [0.1, 0.15) is 13.8 Å². The number of halogens is 1. The van der Waals surface area contributed by atoms with Gasteiger partial charge in [0.25, 0.3) is 0 Å². The van der Waals surface area contributed by atoms with Crippen molar-refractivity contribution in [2.45, 2.75) is 20.0 Å². The minimum atomic E-state index is -0.750. The van der Waals surface area contributed by atoms with Crippen LogP contribution in [-0.2, 0) is 4.79 Å². The van der Waals surface area contributed by atoms with Crippen LogP contribution in [-0.4, -0.2) is 11.9 Å². The van der Waals surface area contributed by atoms with Gasteiger partial charge in [-0.05, 0) is 50.2 Å². The van der Waals surface area contributed by atoms with Crippen LogP contribution in [0.5, 0.6) is 5.75 Å². The van der Waals surface area contributed by atoms with Gasteiger partial charge < -0.3 is 9.15 Å². The summed E-state index contributed by atoms with van der Waals surface area (Å²) in [4.78, 5) is 24.4. The molecule has 0 aliphatic carbocycles. The van der Waals surface area contributed by atoms with Crippen LogP contribution in [0.25, 0.3) is 22.3 Å². The molecule has 0 bridgehead atoms. The Morgan fingerprint density at radius 1 is 1.12 bits per heavy atom. The maximum Gasteiger partial charge on any atom is 0.235 e. The molecule has 0 radical (unpaired) electrons. The van der Waals surface area contributed by atoms with Gasteiger partial charge in [0.05, 0.1) is 5.39 Å². The van der Waals surface area contributed by atoms with Gasteiger partial charge in [-0.1, -0.05) is 23.7 Å². The lowest BCUT2D eigenvalue weighted by atomic mass is 10.1. The van der Waals surface area contributed by atoms with Crippen molar-refractivity contribution in [2.75, 3.05) is 0 Å². The van der Waals surface area contributed by atoms with Crippen LogP contribution in [0.3, 0.4) is 0 Å². The van der Waals surface area contributed by atoms with Crippen LogP contribution >= 0.6 is 11.6 Å². The maximum atomic E-state index is 12.8. The Kier molecular flexibility index (Phi) is 4.40. The third-order valence-electron chi connectivity index (χ3n) is 3.73. The van der Waals surface area contributed by atoms with E-state index < -0.39 is 6.10 Å². The molecule has 2 aromatic carbocycles. The highest BCUT2D eigenvalue weighted by Gasteiger charge is 2.21. The number of hydrogen-bond acceptors (Lipinski definition) is 4. The minimum Gasteiger partial charge on any atom is -0.475 e. The fraction of sp³-hybridized carbons (Fsp3) is 0.158. The van der Waals surface area contributed by atoms with E-state index >= 15 is 0 Å². The summed E-state index contributed by atoms with van der Waals surface area (Å²) in [5.41, 5.74) is 0.790. The lowest BCUT2D eigenvalue weighted by molar-refractivity contribution is -0.122. The second-order valence-electron chi connectivity index (χ2n) is 5.46. The molecule has 3 rings (SSSR count). The maximum absolute atomic E-state index is 12.8. The first kappa shape index (κ1) is 16.3. The smallest absolute Gasteiger partial charge is 0.235 e. The monoisotopic (exact) mass is 342 g/mol. The molecule has 1 aromatic heterocycles. The second kappa shape index (κ2) is 6.49. The summed E-state index contributed by atoms with van der Waals surface area (Å²) in [7, 11) is 0. The molecule has 0 spiro atoms. The molecule has 122 valence electrons. The number of Topliss-reactive ketones (excluding diaryl/α,β-unsaturated/α-hetero) is 1. The quantitative estimate of drug-likeness (QED) is 0.702. The molecule has 0 amide bonds. The highest BCUT2D eigenvalue weighted by Crippen LogP contribution is 2.32. The van der Waals surface area contributed by atoms with Crippen molar-refractivity contribution in [3.8, 4) is 17.1 Å². The summed E-state index contributed by atoms with van der Waals surface area (Å²) in [6.07, 6.45) is -0.750. The van der Waals surface area contributed by atoms with Gasteiger partial charge in [-0.3, -0.25) is 9.59 Å². The molecule has 3 aromatic rings. The topological polar surface area (TPSA) is 56.5 Å². The van der Waals surface area contributed by atoms with Crippen molar-refractivity contribution < 1.29 is 13.9 Å². The highest BCUT2D eigenvalue weighted by molar-refractivity contribution is 6.30. The van der Waals surface area contributed by atoms with Crippen LogP contribution in [0.2, 0.25) is 5.02 Å². The molecule has 0 fully saturated rings. The molecule has 0 aliphatic rings. The standard InChI is InChI=1S/C19H15ClO4/c1-11(21)12(2)23-19-17(22)15-5-3-4-6-16(15)24-18(19)13-7-9-14(20)10-8-13/h3-10,12H,1-2H3/t12-/m0/s1. The van der Waals surface area contributed by atoms with Crippen LogP contribution < -0.4 is 10.2 Å². The van der Waals surface area contributed by atoms with E-state index in [0.29, 0.717) is 21.6 Å². The van der Waals surface area contributed by atoms with Gasteiger partial charge in [0.1, 0.15) is 5.58 Å². The first-order valence-electron chi connectivity index (χ1n) is 7.46. The fourth-order valence-corrected chi connectivity index (χ4v) is 2.41. The molecule has 0 aliphatic heterocycles. The predicted octanol–water partition coefficient (Wildman–Crippen LogP) is 4.47. The van der Waals surface area contributed by atoms with Crippen molar-refractivity contribution in [1.82, 2.24) is 0 Å². The molecule has 0 saturated carbocycles. The molecular weight excluding hydrogens is 328 g/mol. The third kappa shape index (κ3) is 3.05. The molecule has 4 nitrogen and oxygen atoms in total. The SMILES string of the molecule is CC(=O)[C@H](C)Oc1c(-c2ccc(Cl)cc2)oc2ccccc2c1=O. The Morgan fingerprint density at radius 2 is 1.79 bits per heavy atom. The van der Waals surface area contributed by atoms with Crippen LogP contribution in [0, 0.1) is 0 Å². The van der Waals surface area contributed by atoms with Gasteiger partial charge in [-0.2, -0.15) is 0 Å². The highest BCUT2D eigenvalue weighted by atomic mass is 35.5. The van der Waals surface area contributed by atoms with Gasteiger partial charge in [-0.15, -0.1) is 0 Å². The summed E-state index contributed by atoms with van der Waals surface area (Å²) < 4.78 is 11.5. The van der Waals surface area contributed by atoms with Crippen LogP contribution in [0.4, 0.5) is 0 Å². The van der Waals surface area contributed by atoms with Gasteiger partial charge >= 0.3 is 0 Å². The van der Waals surface area contributed by atoms with E-state index in [1.54, 1.807) is 55.5 Å². The van der Waals surface area contributed by atoms with E-state index in [1.807, 2.05) is 0 Å².